The molecule has 150 valence electrons. The van der Waals surface area contributed by atoms with Gasteiger partial charge in [0.25, 0.3) is 26.0 Å². The van der Waals surface area contributed by atoms with E-state index in [1.807, 2.05) is 5.43 Å². The maximum absolute atomic E-state index is 12.6. The molecule has 0 aromatic heterocycles. The van der Waals surface area contributed by atoms with Crippen molar-refractivity contribution >= 4 is 26.0 Å². The minimum atomic E-state index is -4.48. The van der Waals surface area contributed by atoms with Crippen molar-refractivity contribution in [2.24, 2.45) is 0 Å². The van der Waals surface area contributed by atoms with Crippen LogP contribution in [0.2, 0.25) is 0 Å². The minimum absolute atomic E-state index is 0.0455. The lowest BCUT2D eigenvalue weighted by Gasteiger charge is -2.17. The van der Waals surface area contributed by atoms with Gasteiger partial charge >= 0.3 is 0 Å². The molecule has 0 radical (unpaired) electrons. The van der Waals surface area contributed by atoms with Gasteiger partial charge in [-0.3, -0.25) is 10.2 Å². The first-order chi connectivity index (χ1) is 13.2. The second-order valence-corrected chi connectivity index (χ2v) is 9.25. The Morgan fingerprint density at radius 3 is 1.71 bits per heavy atom. The fourth-order valence-corrected chi connectivity index (χ4v) is 6.72. The summed E-state index contributed by atoms with van der Waals surface area (Å²) >= 11 is 0. The summed E-state index contributed by atoms with van der Waals surface area (Å²) in [5.74, 6) is -0.501. The summed E-state index contributed by atoms with van der Waals surface area (Å²) in [4.78, 5) is 11.8. The van der Waals surface area contributed by atoms with E-state index in [1.165, 1.54) is 45.6 Å². The molecule has 1 heterocycles. The van der Waals surface area contributed by atoms with Crippen LogP contribution >= 0.6 is 0 Å². The van der Waals surface area contributed by atoms with Crippen LogP contribution in [-0.2, 0) is 20.0 Å². The average molecular weight is 428 g/mol. The van der Waals surface area contributed by atoms with E-state index in [1.54, 1.807) is 0 Å². The predicted molar refractivity (Wildman–Crippen MR) is 96.2 cm³/mol. The van der Waals surface area contributed by atoms with E-state index in [0.717, 1.165) is 12.1 Å². The van der Waals surface area contributed by atoms with Gasteiger partial charge in [-0.25, -0.2) is 16.8 Å². The van der Waals surface area contributed by atoms with Crippen LogP contribution < -0.4 is 19.6 Å². The summed E-state index contributed by atoms with van der Waals surface area (Å²) in [6, 6.07) is 7.59. The van der Waals surface area contributed by atoms with E-state index in [2.05, 4.69) is 0 Å². The number of nitrogens with one attached hydrogen (secondary N) is 1. The molecular formula is C16H16N2O8S2. The Labute approximate surface area is 161 Å². The number of carbonyl (C=O) groups is 1. The number of nitrogens with zero attached hydrogens (tertiary/aromatic N) is 1. The Bertz CT molecular complexity index is 1080. The molecule has 10 nitrogen and oxygen atoms in total. The van der Waals surface area contributed by atoms with Gasteiger partial charge in [-0.1, -0.05) is 12.1 Å². The van der Waals surface area contributed by atoms with Crippen molar-refractivity contribution in [2.45, 2.75) is 9.79 Å². The van der Waals surface area contributed by atoms with Crippen molar-refractivity contribution < 1.29 is 35.8 Å². The molecule has 1 N–H and O–H groups in total. The maximum atomic E-state index is 12.6. The molecule has 0 saturated heterocycles. The van der Waals surface area contributed by atoms with Crippen molar-refractivity contribution in [1.82, 2.24) is 9.25 Å². The zero-order chi connectivity index (χ0) is 20.7. The van der Waals surface area contributed by atoms with Crippen LogP contribution in [0.15, 0.2) is 46.2 Å². The largest absolute Gasteiger partial charge is 0.493 e. The van der Waals surface area contributed by atoms with E-state index in [-0.39, 0.29) is 26.6 Å². The van der Waals surface area contributed by atoms with Crippen LogP contribution in [0.3, 0.4) is 0 Å². The molecule has 1 aliphatic rings. The number of methoxy groups -OCH3 is 3. The summed E-state index contributed by atoms with van der Waals surface area (Å²) in [6.45, 7) is 0. The van der Waals surface area contributed by atoms with Crippen LogP contribution in [0, 0.1) is 0 Å². The zero-order valence-corrected chi connectivity index (χ0v) is 16.6. The summed E-state index contributed by atoms with van der Waals surface area (Å²) in [5, 5.41) is 0. The third kappa shape index (κ3) is 2.95. The van der Waals surface area contributed by atoms with Gasteiger partial charge in [0.2, 0.25) is 5.75 Å². The summed E-state index contributed by atoms with van der Waals surface area (Å²) in [6.07, 6.45) is 0. The van der Waals surface area contributed by atoms with Gasteiger partial charge in [0.15, 0.2) is 11.5 Å². The van der Waals surface area contributed by atoms with Gasteiger partial charge < -0.3 is 14.2 Å². The number of amides is 1. The van der Waals surface area contributed by atoms with E-state index < -0.39 is 35.7 Å². The fourth-order valence-electron chi connectivity index (χ4n) is 2.66. The Kier molecular flexibility index (Phi) is 4.95. The molecule has 1 aliphatic heterocycles. The topological polar surface area (TPSA) is 128 Å². The average Bonchev–Trinajstić information content (AvgIpc) is 2.84. The highest BCUT2D eigenvalue weighted by Crippen LogP contribution is 2.39. The van der Waals surface area contributed by atoms with Crippen molar-refractivity contribution in [1.29, 1.82) is 0 Å². The molecule has 3 rings (SSSR count). The van der Waals surface area contributed by atoms with Gasteiger partial charge in [0.1, 0.15) is 9.79 Å². The Morgan fingerprint density at radius 1 is 0.857 bits per heavy atom. The Hall–Kier alpha value is -2.83. The molecule has 0 atom stereocenters. The number of hydrazine groups is 1. The Balaban J connectivity index is 2.03. The quantitative estimate of drug-likeness (QED) is 0.739. The first-order valence-electron chi connectivity index (χ1n) is 7.69. The minimum Gasteiger partial charge on any atom is -0.493 e. The lowest BCUT2D eigenvalue weighted by molar-refractivity contribution is 0.0914. The van der Waals surface area contributed by atoms with Crippen LogP contribution in [0.4, 0.5) is 0 Å². The van der Waals surface area contributed by atoms with E-state index in [9.17, 15) is 21.6 Å². The molecule has 0 aliphatic carbocycles. The first-order valence-corrected chi connectivity index (χ1v) is 10.6. The van der Waals surface area contributed by atoms with E-state index in [0.29, 0.717) is 0 Å². The number of benzene rings is 2. The van der Waals surface area contributed by atoms with Crippen LogP contribution in [0.1, 0.15) is 10.4 Å². The molecule has 28 heavy (non-hydrogen) atoms. The number of carbonyl (C=O) groups excluding carboxylic acids is 1. The molecular weight excluding hydrogens is 412 g/mol. The number of hydrogen-bond donors (Lipinski definition) is 1. The second kappa shape index (κ2) is 6.96. The maximum Gasteiger partial charge on any atom is 0.275 e. The Morgan fingerprint density at radius 2 is 1.32 bits per heavy atom. The molecule has 1 amide bonds. The van der Waals surface area contributed by atoms with Gasteiger partial charge in [-0.05, 0) is 24.3 Å². The number of ether oxygens (including phenoxy) is 3. The summed E-state index contributed by atoms with van der Waals surface area (Å²) < 4.78 is 65.7. The predicted octanol–water partition coefficient (Wildman–Crippen LogP) is 0.750. The normalized spacial score (nSPS) is 16.8. The number of sulfonamides is 2. The van der Waals surface area contributed by atoms with Crippen molar-refractivity contribution in [3.05, 3.63) is 42.0 Å². The zero-order valence-electron chi connectivity index (χ0n) is 15.0. The van der Waals surface area contributed by atoms with Crippen LogP contribution in [0.25, 0.3) is 0 Å². The molecule has 2 aromatic carbocycles. The SMILES string of the molecule is COc1cc(C(=O)NN2S(=O)(=O)c3ccccc3S2(=O)=O)cc(OC)c1OC. The molecule has 0 fully saturated rings. The highest BCUT2D eigenvalue weighted by molar-refractivity contribution is 8.06. The lowest BCUT2D eigenvalue weighted by Crippen LogP contribution is -2.45. The van der Waals surface area contributed by atoms with Crippen molar-refractivity contribution in [3.63, 3.8) is 0 Å². The molecule has 0 saturated carbocycles. The van der Waals surface area contributed by atoms with Crippen LogP contribution in [0.5, 0.6) is 17.2 Å². The molecule has 0 spiro atoms. The van der Waals surface area contributed by atoms with Gasteiger partial charge in [-0.15, -0.1) is 0 Å². The first kappa shape index (κ1) is 19.9. The van der Waals surface area contributed by atoms with Crippen molar-refractivity contribution in [3.8, 4) is 17.2 Å². The van der Waals surface area contributed by atoms with Crippen molar-refractivity contribution in [2.75, 3.05) is 21.3 Å². The van der Waals surface area contributed by atoms with E-state index in [4.69, 9.17) is 14.2 Å². The third-order valence-corrected chi connectivity index (χ3v) is 8.15. The summed E-state index contributed by atoms with van der Waals surface area (Å²) in [7, 11) is -4.90. The van der Waals surface area contributed by atoms with E-state index >= 15 is 0 Å². The number of rotatable bonds is 5. The monoisotopic (exact) mass is 428 g/mol. The van der Waals surface area contributed by atoms with Crippen LogP contribution in [-0.4, -0.2) is 47.9 Å². The number of fused-ring (bicyclic) bond motifs is 1. The third-order valence-electron chi connectivity index (χ3n) is 3.96. The second-order valence-electron chi connectivity index (χ2n) is 5.51. The highest BCUT2D eigenvalue weighted by atomic mass is 32.3. The molecule has 2 aromatic rings. The smallest absolute Gasteiger partial charge is 0.275 e. The molecule has 0 bridgehead atoms. The molecule has 0 unspecified atom stereocenters. The summed E-state index contributed by atoms with van der Waals surface area (Å²) in [5.41, 5.74) is 1.83. The molecule has 12 heteroatoms. The lowest BCUT2D eigenvalue weighted by atomic mass is 10.1. The van der Waals surface area contributed by atoms with Gasteiger partial charge in [-0.2, -0.15) is 0 Å². The highest BCUT2D eigenvalue weighted by Gasteiger charge is 2.48. The van der Waals surface area contributed by atoms with Gasteiger partial charge in [0, 0.05) is 9.38 Å². The standard InChI is InChI=1S/C16H16N2O8S2/c1-24-11-8-10(9-12(25-2)15(11)26-3)16(19)17-18-27(20,21)13-6-4-5-7-14(13)28(18,22)23/h4-9H,1-3H3,(H,17,19). The number of hydrogen-bond acceptors (Lipinski definition) is 8. The van der Waals surface area contributed by atoms with Gasteiger partial charge in [0.05, 0.1) is 21.3 Å². The fraction of sp³-hybridized carbons (Fsp3) is 0.188.